The molecule has 1 N–H and O–H groups in total. The molecule has 30 heavy (non-hydrogen) atoms. The summed E-state index contributed by atoms with van der Waals surface area (Å²) in [4.78, 5) is 0. The minimum Gasteiger partial charge on any atom is 0 e. The molecule has 0 spiro atoms. The molecule has 0 fully saturated rings. The largest absolute Gasteiger partial charge is 0 e. The Balaban J connectivity index is 0.00000111. The second-order valence-electron chi connectivity index (χ2n) is 5.89. The third-order valence-corrected chi connectivity index (χ3v) is 4.55. The average molecular weight is 438 g/mol. The molecule has 6 heteroatoms. The number of fused-ring (bicyclic) bond motifs is 1. The Bertz CT molecular complexity index is 882. The Hall–Kier alpha value is -2.67. The maximum atomic E-state index is 11.8. The first kappa shape index (κ1) is 27.3. The van der Waals surface area contributed by atoms with E-state index in [1.807, 2.05) is 78.9 Å². The van der Waals surface area contributed by atoms with Crippen LogP contribution in [0.2, 0.25) is 0 Å². The SMILES string of the molecule is OC(c1ccccc1)(c1ccccc1)[C@H]1OCc2ccccc21.[C-]#[O+].[C-]#[O+].[C-]#[O+].[Cr]. The van der Waals surface area contributed by atoms with Gasteiger partial charge in [-0.1, -0.05) is 84.9 Å². The van der Waals surface area contributed by atoms with E-state index in [0.29, 0.717) is 6.61 Å². The van der Waals surface area contributed by atoms with Crippen LogP contribution in [0.3, 0.4) is 0 Å². The van der Waals surface area contributed by atoms with Gasteiger partial charge in [0, 0.05) is 17.4 Å². The van der Waals surface area contributed by atoms with Crippen LogP contribution in [0.4, 0.5) is 0 Å². The van der Waals surface area contributed by atoms with Crippen LogP contribution in [0.1, 0.15) is 28.4 Å². The summed E-state index contributed by atoms with van der Waals surface area (Å²) in [5.74, 6) is 0. The van der Waals surface area contributed by atoms with Gasteiger partial charge in [0.05, 0.1) is 6.61 Å². The van der Waals surface area contributed by atoms with Crippen molar-refractivity contribution >= 4 is 0 Å². The second-order valence-corrected chi connectivity index (χ2v) is 5.89. The van der Waals surface area contributed by atoms with Crippen molar-refractivity contribution in [1.82, 2.24) is 0 Å². The summed E-state index contributed by atoms with van der Waals surface area (Å²) in [6, 6.07) is 27.6. The van der Waals surface area contributed by atoms with Gasteiger partial charge in [-0.3, -0.25) is 0 Å². The van der Waals surface area contributed by atoms with Crippen LogP contribution in [0.25, 0.3) is 0 Å². The molecule has 0 bridgehead atoms. The number of rotatable bonds is 3. The fourth-order valence-electron chi connectivity index (χ4n) is 3.38. The van der Waals surface area contributed by atoms with E-state index < -0.39 is 11.7 Å². The second kappa shape index (κ2) is 14.3. The quantitative estimate of drug-likeness (QED) is 0.493. The Kier molecular flexibility index (Phi) is 13.1. The molecule has 0 aliphatic carbocycles. The molecule has 0 amide bonds. The summed E-state index contributed by atoms with van der Waals surface area (Å²) >= 11 is 0. The molecule has 0 aromatic heterocycles. The molecule has 1 aliphatic rings. The minimum absolute atomic E-state index is 0. The predicted molar refractivity (Wildman–Crippen MR) is 102 cm³/mol. The Morgan fingerprint density at radius 3 is 1.57 bits per heavy atom. The van der Waals surface area contributed by atoms with E-state index in [1.54, 1.807) is 0 Å². The summed E-state index contributed by atoms with van der Waals surface area (Å²) in [5.41, 5.74) is 2.67. The molecule has 1 atom stereocenters. The van der Waals surface area contributed by atoms with Crippen molar-refractivity contribution in [1.29, 1.82) is 0 Å². The summed E-state index contributed by atoms with van der Waals surface area (Å²) in [6.45, 7) is 14.0. The normalized spacial score (nSPS) is 13.2. The Morgan fingerprint density at radius 1 is 0.700 bits per heavy atom. The van der Waals surface area contributed by atoms with Gasteiger partial charge in [-0.2, -0.15) is 0 Å². The van der Waals surface area contributed by atoms with Crippen LogP contribution in [-0.2, 0) is 48.3 Å². The van der Waals surface area contributed by atoms with Gasteiger partial charge < -0.3 is 9.84 Å². The fraction of sp³-hybridized carbons (Fsp3) is 0.125. The molecule has 3 aromatic rings. The van der Waals surface area contributed by atoms with E-state index >= 15 is 0 Å². The van der Waals surface area contributed by atoms with E-state index in [1.165, 1.54) is 0 Å². The van der Waals surface area contributed by atoms with E-state index in [0.717, 1.165) is 22.3 Å². The van der Waals surface area contributed by atoms with Crippen LogP contribution in [0, 0.1) is 20.0 Å². The first-order valence-corrected chi connectivity index (χ1v) is 8.44. The smallest absolute Gasteiger partial charge is 0 e. The Morgan fingerprint density at radius 2 is 1.10 bits per heavy atom. The van der Waals surface area contributed by atoms with Gasteiger partial charge in [0.2, 0.25) is 0 Å². The van der Waals surface area contributed by atoms with E-state index in [9.17, 15) is 5.11 Å². The average Bonchev–Trinajstić information content (AvgIpc) is 3.28. The maximum absolute atomic E-state index is 11.8. The number of hydrogen-bond donors (Lipinski definition) is 1. The van der Waals surface area contributed by atoms with Crippen molar-refractivity contribution in [2.75, 3.05) is 0 Å². The summed E-state index contributed by atoms with van der Waals surface area (Å²) in [7, 11) is 0. The van der Waals surface area contributed by atoms with Crippen molar-refractivity contribution < 1.29 is 41.2 Å². The summed E-state index contributed by atoms with van der Waals surface area (Å²) in [5, 5.41) is 11.8. The molecule has 4 rings (SSSR count). The predicted octanol–water partition coefficient (Wildman–Crippen LogP) is 4.08. The van der Waals surface area contributed by atoms with Gasteiger partial charge in [-0.15, -0.1) is 0 Å². The maximum Gasteiger partial charge on any atom is 0 e. The molecule has 0 radical (unpaired) electrons. The van der Waals surface area contributed by atoms with Crippen molar-refractivity contribution in [3.05, 3.63) is 127 Å². The fourth-order valence-corrected chi connectivity index (χ4v) is 3.38. The van der Waals surface area contributed by atoms with Crippen LogP contribution in [0.5, 0.6) is 0 Å². The first-order valence-electron chi connectivity index (χ1n) is 8.44. The number of hydrogen-bond acceptors (Lipinski definition) is 2. The van der Waals surface area contributed by atoms with E-state index in [4.69, 9.17) is 18.7 Å². The molecule has 5 nitrogen and oxygen atoms in total. The Labute approximate surface area is 186 Å². The van der Waals surface area contributed by atoms with Crippen molar-refractivity contribution in [3.63, 3.8) is 0 Å². The summed E-state index contributed by atoms with van der Waals surface area (Å²) < 4.78 is 28.5. The molecule has 3 aromatic carbocycles. The van der Waals surface area contributed by atoms with Crippen LogP contribution in [-0.4, -0.2) is 5.11 Å². The van der Waals surface area contributed by atoms with Crippen LogP contribution in [0.15, 0.2) is 84.9 Å². The zero-order chi connectivity index (χ0) is 21.7. The standard InChI is InChI=1S/C21H18O2.3CO.Cr/c22-21(17-10-3-1-4-11-17,18-12-5-2-6-13-18)20-19-14-8-7-9-16(19)15-23-20;3*1-2;/h1-14,20,22H,15H2;;;;/t20-;;;;/m0..../s1. The monoisotopic (exact) mass is 438 g/mol. The third kappa shape index (κ3) is 5.69. The molecular formula is C24H18CrO5. The molecule has 0 saturated carbocycles. The first-order chi connectivity index (χ1) is 14.3. The van der Waals surface area contributed by atoms with E-state index in [-0.39, 0.29) is 17.4 Å². The van der Waals surface area contributed by atoms with Crippen LogP contribution >= 0.6 is 0 Å². The third-order valence-electron chi connectivity index (χ3n) is 4.55. The molecule has 1 heterocycles. The van der Waals surface area contributed by atoms with Gasteiger partial charge in [0.15, 0.2) is 0 Å². The van der Waals surface area contributed by atoms with Crippen molar-refractivity contribution in [3.8, 4) is 0 Å². The van der Waals surface area contributed by atoms with E-state index in [2.05, 4.69) is 26.0 Å². The van der Waals surface area contributed by atoms with Gasteiger partial charge in [0.25, 0.3) is 0 Å². The van der Waals surface area contributed by atoms with Gasteiger partial charge in [0.1, 0.15) is 11.7 Å². The number of aliphatic hydroxyl groups is 1. The zero-order valence-electron chi connectivity index (χ0n) is 15.9. The number of benzene rings is 3. The summed E-state index contributed by atoms with van der Waals surface area (Å²) in [6.07, 6.45) is -0.413. The van der Waals surface area contributed by atoms with Crippen molar-refractivity contribution in [2.24, 2.45) is 0 Å². The van der Waals surface area contributed by atoms with Gasteiger partial charge in [-0.25, -0.2) is 0 Å². The molecule has 150 valence electrons. The van der Waals surface area contributed by atoms with Crippen LogP contribution < -0.4 is 0 Å². The molecule has 0 saturated heterocycles. The van der Waals surface area contributed by atoms with Gasteiger partial charge in [-0.05, 0) is 22.3 Å². The molecule has 0 unspecified atom stereocenters. The number of ether oxygens (including phenoxy) is 1. The zero-order valence-corrected chi connectivity index (χ0v) is 17.1. The molecule has 1 aliphatic heterocycles. The van der Waals surface area contributed by atoms with Crippen molar-refractivity contribution in [2.45, 2.75) is 18.3 Å². The van der Waals surface area contributed by atoms with Gasteiger partial charge >= 0.3 is 33.9 Å². The topological polar surface area (TPSA) is 89.2 Å². The molecular weight excluding hydrogens is 420 g/mol. The minimum atomic E-state index is -1.21.